The summed E-state index contributed by atoms with van der Waals surface area (Å²) in [5.41, 5.74) is 0.990. The third kappa shape index (κ3) is 4.28. The van der Waals surface area contributed by atoms with E-state index in [-0.39, 0.29) is 6.09 Å². The van der Waals surface area contributed by atoms with Gasteiger partial charge in [-0.3, -0.25) is 0 Å². The number of nitriles is 1. The Bertz CT molecular complexity index is 608. The average molecular weight is 317 g/mol. The van der Waals surface area contributed by atoms with Crippen LogP contribution in [0.25, 0.3) is 0 Å². The first-order chi connectivity index (χ1) is 10.8. The zero-order chi connectivity index (χ0) is 17.0. The second-order valence-corrected chi connectivity index (χ2v) is 6.45. The summed E-state index contributed by atoms with van der Waals surface area (Å²) in [7, 11) is 1.61. The number of methoxy groups -OCH3 is 1. The van der Waals surface area contributed by atoms with Crippen LogP contribution in [0.5, 0.6) is 5.75 Å². The Morgan fingerprint density at radius 3 is 2.39 bits per heavy atom. The second kappa shape index (κ2) is 6.78. The molecule has 1 aliphatic rings. The maximum atomic E-state index is 12.1. The van der Waals surface area contributed by atoms with Crippen LogP contribution in [0.4, 0.5) is 10.5 Å². The number of ether oxygens (including phenoxy) is 2. The van der Waals surface area contributed by atoms with Gasteiger partial charge in [-0.1, -0.05) is 0 Å². The predicted octanol–water partition coefficient (Wildman–Crippen LogP) is 2.62. The molecule has 23 heavy (non-hydrogen) atoms. The van der Waals surface area contributed by atoms with Gasteiger partial charge in [-0.15, -0.1) is 0 Å². The summed E-state index contributed by atoms with van der Waals surface area (Å²) >= 11 is 0. The first-order valence-corrected chi connectivity index (χ1v) is 7.65. The molecule has 1 amide bonds. The Balaban J connectivity index is 2.05. The second-order valence-electron chi connectivity index (χ2n) is 6.45. The van der Waals surface area contributed by atoms with Crippen LogP contribution >= 0.6 is 0 Å². The number of rotatable bonds is 2. The molecule has 6 nitrogen and oxygen atoms in total. The van der Waals surface area contributed by atoms with Gasteiger partial charge < -0.3 is 19.3 Å². The van der Waals surface area contributed by atoms with Gasteiger partial charge in [0.25, 0.3) is 0 Å². The lowest BCUT2D eigenvalue weighted by atomic mass is 10.1. The van der Waals surface area contributed by atoms with Crippen molar-refractivity contribution in [2.75, 3.05) is 38.2 Å². The molecule has 2 rings (SSSR count). The van der Waals surface area contributed by atoms with Crippen molar-refractivity contribution < 1.29 is 14.3 Å². The molecule has 0 atom stereocenters. The van der Waals surface area contributed by atoms with E-state index in [1.54, 1.807) is 24.1 Å². The van der Waals surface area contributed by atoms with Crippen molar-refractivity contribution >= 4 is 11.8 Å². The normalized spacial score (nSPS) is 15.1. The van der Waals surface area contributed by atoms with E-state index in [1.165, 1.54) is 0 Å². The first kappa shape index (κ1) is 16.9. The van der Waals surface area contributed by atoms with E-state index in [0.717, 1.165) is 11.4 Å². The van der Waals surface area contributed by atoms with Gasteiger partial charge in [-0.25, -0.2) is 4.79 Å². The van der Waals surface area contributed by atoms with E-state index < -0.39 is 5.60 Å². The Hall–Kier alpha value is -2.42. The minimum Gasteiger partial charge on any atom is -0.495 e. The van der Waals surface area contributed by atoms with E-state index in [4.69, 9.17) is 14.7 Å². The molecular formula is C17H23N3O3. The van der Waals surface area contributed by atoms with Crippen LogP contribution in [0.2, 0.25) is 0 Å². The number of hydrogen-bond donors (Lipinski definition) is 0. The lowest BCUT2D eigenvalue weighted by Gasteiger charge is -2.37. The molecule has 1 aliphatic heterocycles. The Morgan fingerprint density at radius 1 is 1.22 bits per heavy atom. The molecule has 0 saturated carbocycles. The highest BCUT2D eigenvalue weighted by atomic mass is 16.6. The standard InChI is InChI=1S/C17H23N3O3/c1-17(2,3)23-16(21)20-9-7-19(8-10-20)14-11-13(12-18)5-6-15(14)22-4/h5-6,11H,7-10H2,1-4H3. The number of anilines is 1. The van der Waals surface area contributed by atoms with Crippen LogP contribution < -0.4 is 9.64 Å². The number of carbonyl (C=O) groups excluding carboxylic acids is 1. The van der Waals surface area contributed by atoms with Gasteiger partial charge in [0.05, 0.1) is 24.4 Å². The molecule has 0 aromatic heterocycles. The minimum atomic E-state index is -0.488. The van der Waals surface area contributed by atoms with Crippen molar-refractivity contribution in [2.24, 2.45) is 0 Å². The van der Waals surface area contributed by atoms with Gasteiger partial charge >= 0.3 is 6.09 Å². The largest absolute Gasteiger partial charge is 0.495 e. The molecule has 1 aromatic rings. The quantitative estimate of drug-likeness (QED) is 0.839. The van der Waals surface area contributed by atoms with E-state index in [9.17, 15) is 4.79 Å². The molecule has 0 radical (unpaired) electrons. The van der Waals surface area contributed by atoms with Gasteiger partial charge in [0, 0.05) is 26.2 Å². The predicted molar refractivity (Wildman–Crippen MR) is 87.7 cm³/mol. The zero-order valence-electron chi connectivity index (χ0n) is 14.1. The fourth-order valence-corrected chi connectivity index (χ4v) is 2.46. The van der Waals surface area contributed by atoms with E-state index in [0.29, 0.717) is 31.7 Å². The fourth-order valence-electron chi connectivity index (χ4n) is 2.46. The molecule has 6 heteroatoms. The van der Waals surface area contributed by atoms with Crippen molar-refractivity contribution in [3.8, 4) is 11.8 Å². The SMILES string of the molecule is COc1ccc(C#N)cc1N1CCN(C(=O)OC(C)(C)C)CC1. The fraction of sp³-hybridized carbons (Fsp3) is 0.529. The average Bonchev–Trinajstić information content (AvgIpc) is 2.52. The van der Waals surface area contributed by atoms with Crippen molar-refractivity contribution in [3.63, 3.8) is 0 Å². The Labute approximate surface area is 137 Å². The van der Waals surface area contributed by atoms with Crippen LogP contribution in [0.1, 0.15) is 26.3 Å². The summed E-state index contributed by atoms with van der Waals surface area (Å²) in [5, 5.41) is 9.07. The molecule has 0 aliphatic carbocycles. The van der Waals surface area contributed by atoms with Gasteiger partial charge in [0.2, 0.25) is 0 Å². The summed E-state index contributed by atoms with van der Waals surface area (Å²) in [6.07, 6.45) is -0.283. The maximum Gasteiger partial charge on any atom is 0.410 e. The Kier molecular flexibility index (Phi) is 4.99. The van der Waals surface area contributed by atoms with Gasteiger partial charge in [0.15, 0.2) is 0 Å². The zero-order valence-corrected chi connectivity index (χ0v) is 14.1. The Morgan fingerprint density at radius 2 is 1.87 bits per heavy atom. The van der Waals surface area contributed by atoms with Gasteiger partial charge in [-0.2, -0.15) is 5.26 Å². The first-order valence-electron chi connectivity index (χ1n) is 7.65. The monoisotopic (exact) mass is 317 g/mol. The number of piperazine rings is 1. The summed E-state index contributed by atoms with van der Waals surface area (Å²) in [6, 6.07) is 7.50. The number of nitrogens with zero attached hydrogens (tertiary/aromatic N) is 3. The lowest BCUT2D eigenvalue weighted by Crippen LogP contribution is -2.50. The van der Waals surface area contributed by atoms with Crippen molar-refractivity contribution in [1.82, 2.24) is 4.90 Å². The summed E-state index contributed by atoms with van der Waals surface area (Å²) in [5.74, 6) is 0.731. The number of benzene rings is 1. The highest BCUT2D eigenvalue weighted by Crippen LogP contribution is 2.30. The number of hydrogen-bond acceptors (Lipinski definition) is 5. The van der Waals surface area contributed by atoms with Gasteiger partial charge in [0.1, 0.15) is 11.4 Å². The third-order valence-electron chi connectivity index (χ3n) is 3.58. The van der Waals surface area contributed by atoms with Crippen LogP contribution in [0.3, 0.4) is 0 Å². The molecule has 124 valence electrons. The van der Waals surface area contributed by atoms with Crippen LogP contribution in [-0.2, 0) is 4.74 Å². The minimum absolute atomic E-state index is 0.283. The molecule has 0 N–H and O–H groups in total. The van der Waals surface area contributed by atoms with Gasteiger partial charge in [-0.05, 0) is 39.0 Å². The molecular weight excluding hydrogens is 294 g/mol. The molecule has 1 aromatic carbocycles. The van der Waals surface area contributed by atoms with E-state index in [1.807, 2.05) is 26.8 Å². The van der Waals surface area contributed by atoms with E-state index in [2.05, 4.69) is 11.0 Å². The van der Waals surface area contributed by atoms with Crippen molar-refractivity contribution in [2.45, 2.75) is 26.4 Å². The third-order valence-corrected chi connectivity index (χ3v) is 3.58. The van der Waals surface area contributed by atoms with Crippen molar-refractivity contribution in [3.05, 3.63) is 23.8 Å². The van der Waals surface area contributed by atoms with Crippen LogP contribution in [-0.4, -0.2) is 49.9 Å². The summed E-state index contributed by atoms with van der Waals surface area (Å²) in [4.78, 5) is 15.9. The lowest BCUT2D eigenvalue weighted by molar-refractivity contribution is 0.0240. The van der Waals surface area contributed by atoms with Crippen molar-refractivity contribution in [1.29, 1.82) is 5.26 Å². The molecule has 1 heterocycles. The number of amides is 1. The molecule has 0 unspecified atom stereocenters. The number of carbonyl (C=O) groups is 1. The van der Waals surface area contributed by atoms with Crippen LogP contribution in [0.15, 0.2) is 18.2 Å². The summed E-state index contributed by atoms with van der Waals surface area (Å²) < 4.78 is 10.8. The molecule has 0 spiro atoms. The molecule has 1 saturated heterocycles. The highest BCUT2D eigenvalue weighted by Gasteiger charge is 2.26. The smallest absolute Gasteiger partial charge is 0.410 e. The van der Waals surface area contributed by atoms with Crippen LogP contribution in [0, 0.1) is 11.3 Å². The molecule has 1 fully saturated rings. The molecule has 0 bridgehead atoms. The van der Waals surface area contributed by atoms with E-state index >= 15 is 0 Å². The topological polar surface area (TPSA) is 65.8 Å². The highest BCUT2D eigenvalue weighted by molar-refractivity contribution is 5.69. The maximum absolute atomic E-state index is 12.1. The summed E-state index contributed by atoms with van der Waals surface area (Å²) in [6.45, 7) is 8.08.